The van der Waals surface area contributed by atoms with Crippen molar-refractivity contribution in [2.24, 2.45) is 0 Å². The van der Waals surface area contributed by atoms with E-state index in [-0.39, 0.29) is 11.0 Å². The van der Waals surface area contributed by atoms with Gasteiger partial charge in [0.25, 0.3) is 0 Å². The topological polar surface area (TPSA) is 26.3 Å². The molecule has 0 aromatic heterocycles. The first-order chi connectivity index (χ1) is 9.01. The summed E-state index contributed by atoms with van der Waals surface area (Å²) in [5.41, 5.74) is 0. The molecular formula is C15H29ClO2Sn. The third-order valence-electron chi connectivity index (χ3n) is 3.49. The Morgan fingerprint density at radius 3 is 1.63 bits per heavy atom. The minimum atomic E-state index is -2.82. The third kappa shape index (κ3) is 8.23. The summed E-state index contributed by atoms with van der Waals surface area (Å²) in [6.45, 7) is 10.1. The number of unbranched alkanes of at least 4 members (excludes halogenated alkanes) is 3. The molecule has 0 bridgehead atoms. The van der Waals surface area contributed by atoms with E-state index < -0.39 is 18.8 Å². The summed E-state index contributed by atoms with van der Waals surface area (Å²) in [5, 5.41) is 0.0329. The van der Waals surface area contributed by atoms with Gasteiger partial charge in [-0.05, 0) is 0 Å². The van der Waals surface area contributed by atoms with Crippen LogP contribution in [0.25, 0.3) is 0 Å². The second-order valence-electron chi connectivity index (χ2n) is 5.29. The van der Waals surface area contributed by atoms with Gasteiger partial charge in [0, 0.05) is 0 Å². The Morgan fingerprint density at radius 2 is 1.37 bits per heavy atom. The summed E-state index contributed by atoms with van der Waals surface area (Å²) in [6.07, 6.45) is 7.01. The van der Waals surface area contributed by atoms with Gasteiger partial charge in [-0.3, -0.25) is 0 Å². The average molecular weight is 396 g/mol. The van der Waals surface area contributed by atoms with Crippen LogP contribution in [0.5, 0.6) is 0 Å². The Bertz CT molecular complexity index is 258. The fraction of sp³-hybridized carbons (Fsp3) is 0.800. The summed E-state index contributed by atoms with van der Waals surface area (Å²) in [4.78, 5) is 11.8. The van der Waals surface area contributed by atoms with Crippen LogP contribution >= 0.6 is 11.6 Å². The summed E-state index contributed by atoms with van der Waals surface area (Å²) >= 11 is 2.88. The van der Waals surface area contributed by atoms with Crippen molar-refractivity contribution in [3.63, 3.8) is 0 Å². The zero-order valence-corrected chi connectivity index (χ0v) is 16.4. The molecule has 0 aromatic carbocycles. The molecule has 19 heavy (non-hydrogen) atoms. The molecule has 0 saturated carbocycles. The molecule has 0 aliphatic heterocycles. The summed E-state index contributed by atoms with van der Waals surface area (Å²) in [7, 11) is 0. The SMILES string of the molecule is C=C(Cl)C(=O)[O][Sn]([CH2]CCC)([CH2]CCC)[CH2]CCC. The molecule has 0 unspecified atom stereocenters. The van der Waals surface area contributed by atoms with E-state index >= 15 is 0 Å². The van der Waals surface area contributed by atoms with Gasteiger partial charge >= 0.3 is 128 Å². The van der Waals surface area contributed by atoms with Crippen LogP contribution in [0.3, 0.4) is 0 Å². The van der Waals surface area contributed by atoms with Crippen LogP contribution in [0.1, 0.15) is 59.3 Å². The Labute approximate surface area is 128 Å². The monoisotopic (exact) mass is 396 g/mol. The first-order valence-electron chi connectivity index (χ1n) is 7.59. The van der Waals surface area contributed by atoms with Gasteiger partial charge in [0.05, 0.1) is 0 Å². The molecule has 0 aliphatic rings. The first kappa shape index (κ1) is 19.3. The first-order valence-corrected chi connectivity index (χ1v) is 15.2. The Kier molecular flexibility index (Phi) is 11.2. The number of rotatable bonds is 11. The van der Waals surface area contributed by atoms with Crippen LogP contribution in [0, 0.1) is 0 Å². The number of carbonyl (C=O) groups is 1. The molecule has 4 heteroatoms. The van der Waals surface area contributed by atoms with E-state index in [1.807, 2.05) is 0 Å². The zero-order valence-electron chi connectivity index (χ0n) is 12.8. The number of hydrogen-bond acceptors (Lipinski definition) is 2. The Balaban J connectivity index is 4.85. The van der Waals surface area contributed by atoms with E-state index in [0.717, 1.165) is 32.6 Å². The quantitative estimate of drug-likeness (QED) is 0.335. The fourth-order valence-corrected chi connectivity index (χ4v) is 15.5. The molecule has 0 N–H and O–H groups in total. The second kappa shape index (κ2) is 11.0. The van der Waals surface area contributed by atoms with Gasteiger partial charge in [-0.25, -0.2) is 0 Å². The molecule has 0 radical (unpaired) electrons. The molecule has 0 aliphatic carbocycles. The average Bonchev–Trinajstić information content (AvgIpc) is 2.40. The van der Waals surface area contributed by atoms with Crippen LogP contribution in [0.4, 0.5) is 0 Å². The second-order valence-corrected chi connectivity index (χ2v) is 17.4. The van der Waals surface area contributed by atoms with E-state index in [9.17, 15) is 4.79 Å². The molecule has 112 valence electrons. The van der Waals surface area contributed by atoms with Gasteiger partial charge in [0.2, 0.25) is 0 Å². The van der Waals surface area contributed by atoms with Crippen LogP contribution in [-0.2, 0) is 7.87 Å². The van der Waals surface area contributed by atoms with Crippen molar-refractivity contribution in [2.45, 2.75) is 72.6 Å². The van der Waals surface area contributed by atoms with Gasteiger partial charge in [-0.1, -0.05) is 0 Å². The number of hydrogen-bond donors (Lipinski definition) is 0. The van der Waals surface area contributed by atoms with Crippen LogP contribution < -0.4 is 0 Å². The van der Waals surface area contributed by atoms with Crippen molar-refractivity contribution in [2.75, 3.05) is 0 Å². The van der Waals surface area contributed by atoms with Gasteiger partial charge < -0.3 is 0 Å². The van der Waals surface area contributed by atoms with E-state index in [4.69, 9.17) is 14.7 Å². The molecule has 0 spiro atoms. The molecule has 0 atom stereocenters. The van der Waals surface area contributed by atoms with Gasteiger partial charge in [0.15, 0.2) is 0 Å². The molecule has 0 aromatic rings. The molecule has 0 amide bonds. The molecule has 0 rings (SSSR count). The van der Waals surface area contributed by atoms with Crippen molar-refractivity contribution in [1.29, 1.82) is 0 Å². The van der Waals surface area contributed by atoms with Gasteiger partial charge in [-0.2, -0.15) is 0 Å². The molecule has 0 fully saturated rings. The minimum absolute atomic E-state index is 0.0329. The third-order valence-corrected chi connectivity index (χ3v) is 16.2. The van der Waals surface area contributed by atoms with Crippen LogP contribution in [-0.4, -0.2) is 24.8 Å². The van der Waals surface area contributed by atoms with E-state index in [0.29, 0.717) is 0 Å². The van der Waals surface area contributed by atoms with E-state index in [1.165, 1.54) is 19.3 Å². The maximum absolute atomic E-state index is 11.8. The Morgan fingerprint density at radius 1 is 1.00 bits per heavy atom. The normalized spacial score (nSPS) is 11.4. The summed E-state index contributed by atoms with van der Waals surface area (Å²) in [5.74, 6) is -0.360. The van der Waals surface area contributed by atoms with Crippen molar-refractivity contribution in [3.05, 3.63) is 11.6 Å². The predicted octanol–water partition coefficient (Wildman–Crippen LogP) is 5.63. The van der Waals surface area contributed by atoms with Gasteiger partial charge in [-0.15, -0.1) is 0 Å². The zero-order chi connectivity index (χ0) is 14.7. The van der Waals surface area contributed by atoms with E-state index in [1.54, 1.807) is 0 Å². The summed E-state index contributed by atoms with van der Waals surface area (Å²) in [6, 6.07) is 0. The maximum atomic E-state index is 11.8. The van der Waals surface area contributed by atoms with Gasteiger partial charge in [0.1, 0.15) is 0 Å². The molecule has 0 saturated heterocycles. The molecular weight excluding hydrogens is 366 g/mol. The summed E-state index contributed by atoms with van der Waals surface area (Å²) < 4.78 is 9.37. The van der Waals surface area contributed by atoms with Crippen LogP contribution in [0.2, 0.25) is 13.3 Å². The number of halogens is 1. The number of carbonyl (C=O) groups excluding carboxylic acids is 1. The van der Waals surface area contributed by atoms with Crippen molar-refractivity contribution in [3.8, 4) is 0 Å². The van der Waals surface area contributed by atoms with Crippen molar-refractivity contribution >= 4 is 36.4 Å². The van der Waals surface area contributed by atoms with Crippen LogP contribution in [0.15, 0.2) is 11.6 Å². The van der Waals surface area contributed by atoms with Crippen molar-refractivity contribution < 1.29 is 7.87 Å². The van der Waals surface area contributed by atoms with Crippen molar-refractivity contribution in [1.82, 2.24) is 0 Å². The predicted molar refractivity (Wildman–Crippen MR) is 86.0 cm³/mol. The fourth-order valence-electron chi connectivity index (χ4n) is 2.28. The molecule has 0 heterocycles. The molecule has 2 nitrogen and oxygen atoms in total. The Hall–Kier alpha value is 0.299. The van der Waals surface area contributed by atoms with E-state index in [2.05, 4.69) is 27.4 Å². The standard InChI is InChI=1S/3C4H9.C3H3ClO2.Sn/c3*1-3-4-2;1-2(4)3(5)6;/h3*1,3-4H2,2H3;1H2,(H,5,6);/q;;;;+1/p-1.